The normalized spacial score (nSPS) is 15.9. The third-order valence-electron chi connectivity index (χ3n) is 5.29. The lowest BCUT2D eigenvalue weighted by Gasteiger charge is -2.19. The number of nitrogen functional groups attached to an aromatic ring is 1. The van der Waals surface area contributed by atoms with E-state index in [-0.39, 0.29) is 11.4 Å². The lowest BCUT2D eigenvalue weighted by molar-refractivity contribution is 0.0479. The Morgan fingerprint density at radius 3 is 2.68 bits per heavy atom. The molecule has 0 amide bonds. The first-order valence-corrected chi connectivity index (χ1v) is 9.93. The molecule has 150 valence electrons. The molecular formula is C19H23N3O5S. The highest BCUT2D eigenvalue weighted by Crippen LogP contribution is 2.33. The van der Waals surface area contributed by atoms with Crippen LogP contribution in [0.2, 0.25) is 0 Å². The summed E-state index contributed by atoms with van der Waals surface area (Å²) in [5, 5.41) is 0. The van der Waals surface area contributed by atoms with E-state index in [1.807, 2.05) is 6.07 Å². The molecule has 9 heteroatoms. The number of anilines is 1. The first-order chi connectivity index (χ1) is 13.2. The number of carbonyl (C=O) groups is 2. The summed E-state index contributed by atoms with van der Waals surface area (Å²) < 4.78 is 6.93. The van der Waals surface area contributed by atoms with Crippen LogP contribution in [-0.2, 0) is 31.7 Å². The number of ether oxygens (including phenoxy) is 1. The third kappa shape index (κ3) is 3.54. The minimum atomic E-state index is -0.807. The molecule has 0 aromatic carbocycles. The molecule has 0 fully saturated rings. The van der Waals surface area contributed by atoms with Crippen molar-refractivity contribution >= 4 is 28.9 Å². The highest BCUT2D eigenvalue weighted by atomic mass is 32.1. The number of rotatable bonds is 5. The van der Waals surface area contributed by atoms with Gasteiger partial charge in [0.1, 0.15) is 16.3 Å². The number of aromatic nitrogens is 2. The van der Waals surface area contributed by atoms with Crippen molar-refractivity contribution in [3.63, 3.8) is 0 Å². The van der Waals surface area contributed by atoms with Gasteiger partial charge < -0.3 is 10.5 Å². The van der Waals surface area contributed by atoms with Gasteiger partial charge in [-0.3, -0.25) is 18.7 Å². The lowest BCUT2D eigenvalue weighted by atomic mass is 9.87. The molecule has 0 saturated heterocycles. The van der Waals surface area contributed by atoms with Crippen LogP contribution in [0.1, 0.15) is 50.2 Å². The fourth-order valence-corrected chi connectivity index (χ4v) is 4.55. The van der Waals surface area contributed by atoms with E-state index < -0.39 is 29.6 Å². The zero-order valence-electron chi connectivity index (χ0n) is 16.1. The summed E-state index contributed by atoms with van der Waals surface area (Å²) in [7, 11) is 2.62. The Labute approximate surface area is 165 Å². The van der Waals surface area contributed by atoms with Crippen molar-refractivity contribution in [1.29, 1.82) is 0 Å². The minimum absolute atomic E-state index is 0.244. The predicted molar refractivity (Wildman–Crippen MR) is 106 cm³/mol. The maximum Gasteiger partial charge on any atom is 0.348 e. The zero-order chi connectivity index (χ0) is 20.6. The number of carbonyl (C=O) groups excluding carboxylic acids is 2. The van der Waals surface area contributed by atoms with Crippen LogP contribution < -0.4 is 17.0 Å². The van der Waals surface area contributed by atoms with Gasteiger partial charge in [0.25, 0.3) is 5.56 Å². The Bertz CT molecular complexity index is 1060. The first kappa shape index (κ1) is 20.1. The lowest BCUT2D eigenvalue weighted by Crippen LogP contribution is -2.42. The molecule has 1 aliphatic carbocycles. The van der Waals surface area contributed by atoms with Gasteiger partial charge in [-0.2, -0.15) is 0 Å². The molecule has 0 saturated carbocycles. The van der Waals surface area contributed by atoms with Crippen molar-refractivity contribution in [2.45, 2.75) is 32.6 Å². The van der Waals surface area contributed by atoms with E-state index in [1.54, 1.807) is 0 Å². The zero-order valence-corrected chi connectivity index (χ0v) is 16.9. The Balaban J connectivity index is 1.74. The van der Waals surface area contributed by atoms with Gasteiger partial charge in [-0.1, -0.05) is 13.3 Å². The van der Waals surface area contributed by atoms with Gasteiger partial charge in [0.15, 0.2) is 6.61 Å². The van der Waals surface area contributed by atoms with Gasteiger partial charge >= 0.3 is 11.7 Å². The Kier molecular flexibility index (Phi) is 5.55. The molecule has 1 atom stereocenters. The second-order valence-electron chi connectivity index (χ2n) is 7.04. The largest absolute Gasteiger partial charge is 0.453 e. The number of esters is 1. The van der Waals surface area contributed by atoms with Crippen molar-refractivity contribution in [3.8, 4) is 0 Å². The summed E-state index contributed by atoms with van der Waals surface area (Å²) >= 11 is 1.39. The van der Waals surface area contributed by atoms with Crippen molar-refractivity contribution in [1.82, 2.24) is 9.13 Å². The van der Waals surface area contributed by atoms with E-state index in [4.69, 9.17) is 10.5 Å². The molecule has 0 aliphatic heterocycles. The molecule has 1 aliphatic rings. The molecule has 2 aromatic heterocycles. The van der Waals surface area contributed by atoms with E-state index in [1.165, 1.54) is 35.9 Å². The van der Waals surface area contributed by atoms with Crippen LogP contribution in [0.5, 0.6) is 0 Å². The van der Waals surface area contributed by atoms with Crippen LogP contribution in [0.3, 0.4) is 0 Å². The fourth-order valence-electron chi connectivity index (χ4n) is 3.44. The number of thiophene rings is 1. The van der Waals surface area contributed by atoms with Crippen molar-refractivity contribution in [3.05, 3.63) is 47.8 Å². The van der Waals surface area contributed by atoms with Crippen molar-refractivity contribution in [2.75, 3.05) is 12.3 Å². The smallest absolute Gasteiger partial charge is 0.348 e. The number of hydrogen-bond acceptors (Lipinski definition) is 7. The van der Waals surface area contributed by atoms with E-state index in [0.29, 0.717) is 10.8 Å². The average Bonchev–Trinajstić information content (AvgIpc) is 3.12. The van der Waals surface area contributed by atoms with Crippen LogP contribution in [0.4, 0.5) is 5.82 Å². The number of hydrogen-bond donors (Lipinski definition) is 1. The van der Waals surface area contributed by atoms with Gasteiger partial charge in [-0.05, 0) is 36.8 Å². The van der Waals surface area contributed by atoms with E-state index in [2.05, 4.69) is 6.92 Å². The van der Waals surface area contributed by atoms with Crippen LogP contribution in [0.25, 0.3) is 0 Å². The van der Waals surface area contributed by atoms with Gasteiger partial charge in [0.2, 0.25) is 5.78 Å². The number of aryl methyl sites for hydroxylation is 1. The second-order valence-corrected chi connectivity index (χ2v) is 8.18. The number of ketones is 1. The molecule has 0 bridgehead atoms. The number of Topliss-reactive ketones (excluding diaryl/α,β-unsaturated/α-hetero) is 1. The molecule has 0 radical (unpaired) electrons. The molecular weight excluding hydrogens is 382 g/mol. The van der Waals surface area contributed by atoms with Gasteiger partial charge in [-0.25, -0.2) is 9.59 Å². The molecule has 2 heterocycles. The van der Waals surface area contributed by atoms with Crippen LogP contribution >= 0.6 is 11.3 Å². The monoisotopic (exact) mass is 405 g/mol. The molecule has 8 nitrogen and oxygen atoms in total. The highest BCUT2D eigenvalue weighted by molar-refractivity contribution is 7.14. The minimum Gasteiger partial charge on any atom is -0.453 e. The summed E-state index contributed by atoms with van der Waals surface area (Å²) in [5.74, 6) is -0.946. The van der Waals surface area contributed by atoms with Crippen LogP contribution in [0, 0.1) is 5.92 Å². The summed E-state index contributed by atoms with van der Waals surface area (Å²) in [6.07, 6.45) is 4.14. The number of nitrogens with two attached hydrogens (primary N) is 1. The molecule has 28 heavy (non-hydrogen) atoms. The topological polar surface area (TPSA) is 113 Å². The average molecular weight is 405 g/mol. The molecule has 2 aromatic rings. The summed E-state index contributed by atoms with van der Waals surface area (Å²) in [6.45, 7) is 1.55. The Hall–Kier alpha value is -2.68. The van der Waals surface area contributed by atoms with Gasteiger partial charge in [0.05, 0.1) is 0 Å². The molecule has 3 rings (SSSR count). The predicted octanol–water partition coefficient (Wildman–Crippen LogP) is 1.28. The molecule has 0 unspecified atom stereocenters. The van der Waals surface area contributed by atoms with Crippen molar-refractivity contribution < 1.29 is 14.3 Å². The summed E-state index contributed by atoms with van der Waals surface area (Å²) in [4.78, 5) is 50.5. The summed E-state index contributed by atoms with van der Waals surface area (Å²) in [6, 6.07) is 1.84. The van der Waals surface area contributed by atoms with Crippen LogP contribution in [0.15, 0.2) is 15.7 Å². The fraction of sp³-hybridized carbons (Fsp3) is 0.474. The number of nitrogens with zero attached hydrogens (tertiary/aromatic N) is 2. The molecule has 2 N–H and O–H groups in total. The van der Waals surface area contributed by atoms with E-state index in [9.17, 15) is 19.2 Å². The highest BCUT2D eigenvalue weighted by Gasteiger charge is 2.25. The second kappa shape index (κ2) is 7.75. The maximum absolute atomic E-state index is 12.4. The Morgan fingerprint density at radius 2 is 2.00 bits per heavy atom. The van der Waals surface area contributed by atoms with Gasteiger partial charge in [-0.15, -0.1) is 11.3 Å². The first-order valence-electron chi connectivity index (χ1n) is 9.11. The standard InChI is InChI=1S/C19H23N3O5S/c1-4-10-5-6-13-11(7-10)8-14(28-13)18(25)27-9-12(23)15-16(20)21(2)19(26)22(3)17(15)24/h8,10H,4-7,9,20H2,1-3H3/t10-/m1/s1. The quantitative estimate of drug-likeness (QED) is 0.592. The van der Waals surface area contributed by atoms with E-state index in [0.717, 1.165) is 34.8 Å². The van der Waals surface area contributed by atoms with Crippen LogP contribution in [-0.4, -0.2) is 27.5 Å². The number of fused-ring (bicyclic) bond motifs is 1. The molecule has 0 spiro atoms. The van der Waals surface area contributed by atoms with E-state index >= 15 is 0 Å². The van der Waals surface area contributed by atoms with Gasteiger partial charge in [0, 0.05) is 19.0 Å². The maximum atomic E-state index is 12.4. The third-order valence-corrected chi connectivity index (χ3v) is 6.50. The Morgan fingerprint density at radius 1 is 1.29 bits per heavy atom. The SMILES string of the molecule is CC[C@@H]1CCc2sc(C(=O)OCC(=O)c3c(N)n(C)c(=O)n(C)c3=O)cc2C1. The van der Waals surface area contributed by atoms with Crippen molar-refractivity contribution in [2.24, 2.45) is 20.0 Å². The summed E-state index contributed by atoms with van der Waals surface area (Å²) in [5.41, 5.74) is 5.14.